The summed E-state index contributed by atoms with van der Waals surface area (Å²) >= 11 is 0. The Labute approximate surface area is 146 Å². The number of rotatable bonds is 5. The van der Waals surface area contributed by atoms with Crippen LogP contribution in [0, 0.1) is 0 Å². The molecule has 0 saturated heterocycles. The van der Waals surface area contributed by atoms with Gasteiger partial charge in [-0.15, -0.1) is 0 Å². The lowest BCUT2D eigenvalue weighted by atomic mass is 10.2. The van der Waals surface area contributed by atoms with Crippen LogP contribution in [-0.4, -0.2) is 13.1 Å². The highest BCUT2D eigenvalue weighted by Crippen LogP contribution is 2.23. The largest absolute Gasteiger partial charge is 0.412 e. The average Bonchev–Trinajstić information content (AvgIpc) is 2.66. The summed E-state index contributed by atoms with van der Waals surface area (Å²) in [6, 6.07) is 25.2. The third-order valence-electron chi connectivity index (χ3n) is 3.51. The van der Waals surface area contributed by atoms with Crippen molar-refractivity contribution < 1.29 is 9.53 Å². The van der Waals surface area contributed by atoms with E-state index in [1.165, 1.54) is 7.05 Å². The molecule has 0 atom stereocenters. The molecule has 126 valence electrons. The standard InChI is InChI=1S/C20H19N3O2/c1-21-20(24)25-19-13-11-18(12-14-19)23-17-9-7-16(8-10-17)22-15-5-3-2-4-6-15/h2-14,22-23H,1H3,(H,21,24). The number of benzene rings is 3. The van der Waals surface area contributed by atoms with E-state index in [-0.39, 0.29) is 0 Å². The molecule has 3 N–H and O–H groups in total. The van der Waals surface area contributed by atoms with Gasteiger partial charge in [0, 0.05) is 29.8 Å². The van der Waals surface area contributed by atoms with Gasteiger partial charge in [-0.1, -0.05) is 18.2 Å². The van der Waals surface area contributed by atoms with Gasteiger partial charge in [0.05, 0.1) is 0 Å². The third kappa shape index (κ3) is 4.75. The summed E-state index contributed by atoms with van der Waals surface area (Å²) in [5.41, 5.74) is 3.95. The van der Waals surface area contributed by atoms with Gasteiger partial charge in [0.1, 0.15) is 5.75 Å². The first kappa shape index (κ1) is 16.4. The molecule has 0 aliphatic carbocycles. The molecule has 5 nitrogen and oxygen atoms in total. The smallest absolute Gasteiger partial charge is 0.410 e. The molecule has 0 radical (unpaired) electrons. The first-order chi connectivity index (χ1) is 12.2. The maximum atomic E-state index is 11.2. The number of carbonyl (C=O) groups excluding carboxylic acids is 1. The van der Waals surface area contributed by atoms with Gasteiger partial charge in [0.25, 0.3) is 0 Å². The van der Waals surface area contributed by atoms with Gasteiger partial charge in [-0.3, -0.25) is 0 Å². The number of amides is 1. The van der Waals surface area contributed by atoms with E-state index < -0.39 is 6.09 Å². The molecule has 0 saturated carbocycles. The van der Waals surface area contributed by atoms with Crippen molar-refractivity contribution >= 4 is 28.8 Å². The molecule has 0 aromatic heterocycles. The summed E-state index contributed by atoms with van der Waals surface area (Å²) in [5, 5.41) is 9.06. The summed E-state index contributed by atoms with van der Waals surface area (Å²) in [5.74, 6) is 0.493. The Balaban J connectivity index is 1.60. The van der Waals surface area contributed by atoms with Gasteiger partial charge in [-0.25, -0.2) is 4.79 Å². The molecule has 3 rings (SSSR count). The fraction of sp³-hybridized carbons (Fsp3) is 0.0500. The summed E-state index contributed by atoms with van der Waals surface area (Å²) in [4.78, 5) is 11.2. The van der Waals surface area contributed by atoms with Gasteiger partial charge in [-0.05, 0) is 60.7 Å². The van der Waals surface area contributed by atoms with Crippen molar-refractivity contribution in [1.82, 2.24) is 5.32 Å². The predicted octanol–water partition coefficient (Wildman–Crippen LogP) is 4.89. The predicted molar refractivity (Wildman–Crippen MR) is 101 cm³/mol. The molecule has 3 aromatic rings. The number of hydrogen-bond acceptors (Lipinski definition) is 4. The monoisotopic (exact) mass is 333 g/mol. The maximum absolute atomic E-state index is 11.2. The fourth-order valence-corrected chi connectivity index (χ4v) is 2.26. The van der Waals surface area contributed by atoms with Crippen molar-refractivity contribution in [1.29, 1.82) is 0 Å². The molecular formula is C20H19N3O2. The highest BCUT2D eigenvalue weighted by molar-refractivity contribution is 5.70. The quantitative estimate of drug-likeness (QED) is 0.622. The molecule has 0 spiro atoms. The minimum Gasteiger partial charge on any atom is -0.410 e. The summed E-state index contributed by atoms with van der Waals surface area (Å²) in [6.07, 6.45) is -0.484. The molecule has 3 aromatic carbocycles. The number of ether oxygens (including phenoxy) is 1. The highest BCUT2D eigenvalue weighted by Gasteiger charge is 2.02. The van der Waals surface area contributed by atoms with Crippen LogP contribution in [0.4, 0.5) is 27.5 Å². The van der Waals surface area contributed by atoms with Gasteiger partial charge in [0.15, 0.2) is 0 Å². The summed E-state index contributed by atoms with van der Waals surface area (Å²) in [6.45, 7) is 0. The molecule has 0 unspecified atom stereocenters. The van der Waals surface area contributed by atoms with Crippen molar-refractivity contribution in [3.63, 3.8) is 0 Å². The van der Waals surface area contributed by atoms with E-state index in [1.807, 2.05) is 66.7 Å². The lowest BCUT2D eigenvalue weighted by molar-refractivity contribution is 0.203. The van der Waals surface area contributed by atoms with Gasteiger partial charge < -0.3 is 20.7 Å². The van der Waals surface area contributed by atoms with Crippen LogP contribution < -0.4 is 20.7 Å². The van der Waals surface area contributed by atoms with Crippen molar-refractivity contribution in [3.8, 4) is 5.75 Å². The summed E-state index contributed by atoms with van der Waals surface area (Å²) < 4.78 is 5.05. The zero-order valence-corrected chi connectivity index (χ0v) is 13.8. The van der Waals surface area contributed by atoms with E-state index in [0.29, 0.717) is 5.75 Å². The maximum Gasteiger partial charge on any atom is 0.412 e. The van der Waals surface area contributed by atoms with Crippen LogP contribution in [0.15, 0.2) is 78.9 Å². The molecule has 0 aliphatic heterocycles. The minimum atomic E-state index is -0.484. The second-order valence-corrected chi connectivity index (χ2v) is 5.36. The van der Waals surface area contributed by atoms with E-state index in [4.69, 9.17) is 4.74 Å². The Kier molecular flexibility index (Phi) is 5.16. The van der Waals surface area contributed by atoms with Crippen LogP contribution >= 0.6 is 0 Å². The molecular weight excluding hydrogens is 314 g/mol. The summed E-state index contributed by atoms with van der Waals surface area (Å²) in [7, 11) is 1.52. The molecule has 25 heavy (non-hydrogen) atoms. The Morgan fingerprint density at radius 2 is 1.12 bits per heavy atom. The lowest BCUT2D eigenvalue weighted by Gasteiger charge is -2.10. The molecule has 1 amide bonds. The van der Waals surface area contributed by atoms with Crippen LogP contribution in [0.3, 0.4) is 0 Å². The van der Waals surface area contributed by atoms with Gasteiger partial charge in [-0.2, -0.15) is 0 Å². The molecule has 5 heteroatoms. The number of hydrogen-bond donors (Lipinski definition) is 3. The third-order valence-corrected chi connectivity index (χ3v) is 3.51. The normalized spacial score (nSPS) is 9.96. The zero-order valence-electron chi connectivity index (χ0n) is 13.8. The zero-order chi connectivity index (χ0) is 17.5. The van der Waals surface area contributed by atoms with Crippen molar-refractivity contribution in [2.24, 2.45) is 0 Å². The number of anilines is 4. The van der Waals surface area contributed by atoms with Crippen molar-refractivity contribution in [2.75, 3.05) is 17.7 Å². The topological polar surface area (TPSA) is 62.4 Å². The Morgan fingerprint density at radius 3 is 1.60 bits per heavy atom. The van der Waals surface area contributed by atoms with Gasteiger partial charge in [0.2, 0.25) is 0 Å². The molecule has 0 heterocycles. The lowest BCUT2D eigenvalue weighted by Crippen LogP contribution is -2.21. The van der Waals surface area contributed by atoms with E-state index >= 15 is 0 Å². The van der Waals surface area contributed by atoms with E-state index in [1.54, 1.807) is 12.1 Å². The first-order valence-electron chi connectivity index (χ1n) is 7.92. The van der Waals surface area contributed by atoms with E-state index in [2.05, 4.69) is 16.0 Å². The SMILES string of the molecule is CNC(=O)Oc1ccc(Nc2ccc(Nc3ccccc3)cc2)cc1. The first-order valence-corrected chi connectivity index (χ1v) is 7.92. The second kappa shape index (κ2) is 7.88. The fourth-order valence-electron chi connectivity index (χ4n) is 2.26. The molecule has 0 aliphatic rings. The van der Waals surface area contributed by atoms with E-state index in [9.17, 15) is 4.79 Å². The van der Waals surface area contributed by atoms with Crippen LogP contribution in [-0.2, 0) is 0 Å². The minimum absolute atomic E-state index is 0.484. The van der Waals surface area contributed by atoms with Crippen LogP contribution in [0.25, 0.3) is 0 Å². The van der Waals surface area contributed by atoms with Crippen LogP contribution in [0.1, 0.15) is 0 Å². The van der Waals surface area contributed by atoms with Crippen molar-refractivity contribution in [3.05, 3.63) is 78.9 Å². The average molecular weight is 333 g/mol. The second-order valence-electron chi connectivity index (χ2n) is 5.36. The molecule has 0 fully saturated rings. The highest BCUT2D eigenvalue weighted by atomic mass is 16.5. The van der Waals surface area contributed by atoms with Gasteiger partial charge >= 0.3 is 6.09 Å². The Bertz CT molecular complexity index is 816. The number of carbonyl (C=O) groups is 1. The number of para-hydroxylation sites is 1. The number of nitrogens with one attached hydrogen (secondary N) is 3. The van der Waals surface area contributed by atoms with Crippen LogP contribution in [0.2, 0.25) is 0 Å². The van der Waals surface area contributed by atoms with E-state index in [0.717, 1.165) is 22.7 Å². The van der Waals surface area contributed by atoms with Crippen molar-refractivity contribution in [2.45, 2.75) is 0 Å². The molecule has 0 bridgehead atoms. The Morgan fingerprint density at radius 1 is 0.680 bits per heavy atom. The van der Waals surface area contributed by atoms with Crippen LogP contribution in [0.5, 0.6) is 5.75 Å². The Hall–Kier alpha value is -3.47.